The minimum Gasteiger partial charge on any atom is -0.352 e. The molecule has 0 spiro atoms. The monoisotopic (exact) mass is 315 g/mol. The van der Waals surface area contributed by atoms with Crippen LogP contribution in [0, 0.1) is 0 Å². The average Bonchev–Trinajstić information content (AvgIpc) is 2.45. The molecule has 0 bridgehead atoms. The summed E-state index contributed by atoms with van der Waals surface area (Å²) < 4.78 is 39.5. The van der Waals surface area contributed by atoms with Gasteiger partial charge in [0.05, 0.1) is 0 Å². The Morgan fingerprint density at radius 2 is 1.91 bits per heavy atom. The predicted octanol–water partition coefficient (Wildman–Crippen LogP) is 1.75. The summed E-state index contributed by atoms with van der Waals surface area (Å²) in [6.45, 7) is 1.13. The normalized spacial score (nSPS) is 22.3. The molecule has 0 aromatic carbocycles. The molecule has 1 fully saturated rings. The lowest BCUT2D eigenvalue weighted by atomic mass is 9.96. The van der Waals surface area contributed by atoms with Crippen LogP contribution in [-0.2, 0) is 4.79 Å². The summed E-state index contributed by atoms with van der Waals surface area (Å²) in [5.41, 5.74) is 0.146. The van der Waals surface area contributed by atoms with E-state index in [0.29, 0.717) is 0 Å². The molecule has 2 atom stereocenters. The van der Waals surface area contributed by atoms with Crippen molar-refractivity contribution in [3.63, 3.8) is 0 Å². The van der Waals surface area contributed by atoms with Crippen molar-refractivity contribution in [1.29, 1.82) is 0 Å². The fourth-order valence-corrected chi connectivity index (χ4v) is 2.60. The number of nitrogens with zero attached hydrogens (tertiary/aromatic N) is 2. The summed E-state index contributed by atoms with van der Waals surface area (Å²) in [5, 5.41) is 2.58. The molecule has 1 aliphatic heterocycles. The Labute approximate surface area is 125 Å². The maximum absolute atomic E-state index is 13.2. The van der Waals surface area contributed by atoms with Crippen molar-refractivity contribution in [2.75, 3.05) is 6.54 Å². The summed E-state index contributed by atoms with van der Waals surface area (Å²) in [4.78, 5) is 28.0. The van der Waals surface area contributed by atoms with E-state index in [2.05, 4.69) is 10.3 Å². The highest BCUT2D eigenvalue weighted by Crippen LogP contribution is 2.32. The van der Waals surface area contributed by atoms with Crippen LogP contribution in [0.5, 0.6) is 0 Å². The van der Waals surface area contributed by atoms with Crippen molar-refractivity contribution in [3.05, 3.63) is 30.1 Å². The Morgan fingerprint density at radius 3 is 2.45 bits per heavy atom. The first-order chi connectivity index (χ1) is 10.3. The van der Waals surface area contributed by atoms with Gasteiger partial charge in [-0.3, -0.25) is 14.6 Å². The first-order valence-electron chi connectivity index (χ1n) is 6.84. The van der Waals surface area contributed by atoms with Crippen molar-refractivity contribution >= 4 is 11.8 Å². The third kappa shape index (κ3) is 3.75. The third-order valence-corrected chi connectivity index (χ3v) is 3.56. The van der Waals surface area contributed by atoms with Gasteiger partial charge in [-0.25, -0.2) is 0 Å². The number of carbonyl (C=O) groups excluding carboxylic acids is 2. The Bertz CT molecular complexity index is 548. The van der Waals surface area contributed by atoms with Gasteiger partial charge in [-0.2, -0.15) is 13.2 Å². The number of hydrogen-bond donors (Lipinski definition) is 1. The lowest BCUT2D eigenvalue weighted by molar-refractivity contribution is -0.184. The Morgan fingerprint density at radius 1 is 1.27 bits per heavy atom. The van der Waals surface area contributed by atoms with Gasteiger partial charge in [0.2, 0.25) is 5.91 Å². The number of piperidine rings is 1. The van der Waals surface area contributed by atoms with Gasteiger partial charge in [-0.1, -0.05) is 0 Å². The van der Waals surface area contributed by atoms with Crippen LogP contribution in [0.3, 0.4) is 0 Å². The van der Waals surface area contributed by atoms with E-state index in [9.17, 15) is 22.8 Å². The van der Waals surface area contributed by atoms with E-state index >= 15 is 0 Å². The molecule has 0 unspecified atom stereocenters. The minimum atomic E-state index is -4.50. The number of aromatic nitrogens is 1. The van der Waals surface area contributed by atoms with Crippen LogP contribution in [0.25, 0.3) is 0 Å². The zero-order chi connectivity index (χ0) is 16.3. The van der Waals surface area contributed by atoms with Crippen LogP contribution in [0.1, 0.15) is 30.1 Å². The highest BCUT2D eigenvalue weighted by atomic mass is 19.4. The third-order valence-electron chi connectivity index (χ3n) is 3.56. The zero-order valence-electron chi connectivity index (χ0n) is 11.9. The van der Waals surface area contributed by atoms with Crippen LogP contribution in [0.2, 0.25) is 0 Å². The Kier molecular flexibility index (Phi) is 4.68. The number of pyridine rings is 1. The maximum atomic E-state index is 13.2. The van der Waals surface area contributed by atoms with Crippen molar-refractivity contribution < 1.29 is 22.8 Å². The molecular formula is C14H16F3N3O2. The summed E-state index contributed by atoms with van der Waals surface area (Å²) in [6, 6.07) is 0.440. The second-order valence-electron chi connectivity index (χ2n) is 5.23. The molecule has 0 aliphatic carbocycles. The van der Waals surface area contributed by atoms with Gasteiger partial charge in [-0.15, -0.1) is 0 Å². The predicted molar refractivity (Wildman–Crippen MR) is 72.0 cm³/mol. The lowest BCUT2D eigenvalue weighted by Crippen LogP contribution is -2.58. The van der Waals surface area contributed by atoms with Gasteiger partial charge >= 0.3 is 6.18 Å². The highest BCUT2D eigenvalue weighted by Gasteiger charge is 2.48. The summed E-state index contributed by atoms with van der Waals surface area (Å²) in [5.74, 6) is -1.04. The molecule has 2 rings (SSSR count). The summed E-state index contributed by atoms with van der Waals surface area (Å²) >= 11 is 0. The first kappa shape index (κ1) is 16.3. The maximum Gasteiger partial charge on any atom is 0.408 e. The van der Waals surface area contributed by atoms with Gasteiger partial charge in [0.15, 0.2) is 0 Å². The Balaban J connectivity index is 2.23. The van der Waals surface area contributed by atoms with E-state index in [1.54, 1.807) is 0 Å². The average molecular weight is 315 g/mol. The van der Waals surface area contributed by atoms with Crippen LogP contribution in [0.4, 0.5) is 13.2 Å². The van der Waals surface area contributed by atoms with Gasteiger partial charge in [0.25, 0.3) is 5.91 Å². The van der Waals surface area contributed by atoms with E-state index in [4.69, 9.17) is 0 Å². The molecule has 120 valence electrons. The molecule has 8 heteroatoms. The van der Waals surface area contributed by atoms with E-state index in [0.717, 1.165) is 4.90 Å². The van der Waals surface area contributed by atoms with Crippen molar-refractivity contribution in [3.8, 4) is 0 Å². The minimum absolute atomic E-state index is 0.146. The van der Waals surface area contributed by atoms with E-state index in [1.807, 2.05) is 0 Å². The topological polar surface area (TPSA) is 62.3 Å². The van der Waals surface area contributed by atoms with Crippen LogP contribution < -0.4 is 5.32 Å². The summed E-state index contributed by atoms with van der Waals surface area (Å²) in [7, 11) is 0. The van der Waals surface area contributed by atoms with Crippen molar-refractivity contribution in [2.24, 2.45) is 0 Å². The number of carbonyl (C=O) groups is 2. The molecule has 1 aliphatic rings. The molecular weight excluding hydrogens is 299 g/mol. The largest absolute Gasteiger partial charge is 0.408 e. The molecule has 5 nitrogen and oxygen atoms in total. The van der Waals surface area contributed by atoms with E-state index in [1.165, 1.54) is 31.5 Å². The molecule has 22 heavy (non-hydrogen) atoms. The van der Waals surface area contributed by atoms with Crippen LogP contribution in [-0.4, -0.2) is 46.5 Å². The molecule has 1 aromatic heterocycles. The van der Waals surface area contributed by atoms with E-state index < -0.39 is 24.2 Å². The summed E-state index contributed by atoms with van der Waals surface area (Å²) in [6.07, 6.45) is -1.84. The van der Waals surface area contributed by atoms with Gasteiger partial charge in [-0.05, 0) is 25.0 Å². The second kappa shape index (κ2) is 6.33. The van der Waals surface area contributed by atoms with Gasteiger partial charge in [0.1, 0.15) is 6.04 Å². The standard InChI is InChI=1S/C14H16F3N3O2/c1-9(21)19-11-2-3-12(14(15,16)17)20(8-11)13(22)10-4-6-18-7-5-10/h4-7,11-12H,2-3,8H2,1H3,(H,19,21)/t11-,12+/m1/s1. The number of alkyl halides is 3. The smallest absolute Gasteiger partial charge is 0.352 e. The molecule has 0 saturated carbocycles. The molecule has 2 amide bonds. The van der Waals surface area contributed by atoms with Gasteiger partial charge < -0.3 is 10.2 Å². The second-order valence-corrected chi connectivity index (χ2v) is 5.23. The molecule has 0 radical (unpaired) electrons. The number of rotatable bonds is 2. The quantitative estimate of drug-likeness (QED) is 0.904. The van der Waals surface area contributed by atoms with E-state index in [-0.39, 0.29) is 30.9 Å². The molecule has 1 aromatic rings. The van der Waals surface area contributed by atoms with Crippen LogP contribution in [0.15, 0.2) is 24.5 Å². The number of amides is 2. The molecule has 1 saturated heterocycles. The zero-order valence-corrected chi connectivity index (χ0v) is 11.9. The van der Waals surface area contributed by atoms with Gasteiger partial charge in [0, 0.05) is 37.5 Å². The molecule has 2 heterocycles. The lowest BCUT2D eigenvalue weighted by Gasteiger charge is -2.40. The Hall–Kier alpha value is -2.12. The SMILES string of the molecule is CC(=O)N[C@@H]1CC[C@@H](C(F)(F)F)N(C(=O)c2ccncc2)C1. The number of likely N-dealkylation sites (tertiary alicyclic amines) is 1. The number of nitrogens with one attached hydrogen (secondary N) is 1. The first-order valence-corrected chi connectivity index (χ1v) is 6.84. The number of hydrogen-bond acceptors (Lipinski definition) is 3. The number of halogens is 3. The van der Waals surface area contributed by atoms with Crippen LogP contribution >= 0.6 is 0 Å². The van der Waals surface area contributed by atoms with Crippen molar-refractivity contribution in [1.82, 2.24) is 15.2 Å². The fraction of sp³-hybridized carbons (Fsp3) is 0.500. The highest BCUT2D eigenvalue weighted by molar-refractivity contribution is 5.94. The van der Waals surface area contributed by atoms with Crippen molar-refractivity contribution in [2.45, 2.75) is 38.0 Å². The fourth-order valence-electron chi connectivity index (χ4n) is 2.60. The molecule has 1 N–H and O–H groups in total.